The average Bonchev–Trinajstić information content (AvgIpc) is 2.95. The number of benzene rings is 3. The van der Waals surface area contributed by atoms with E-state index in [0.29, 0.717) is 0 Å². The van der Waals surface area contributed by atoms with E-state index in [0.717, 1.165) is 10.6 Å². The molecule has 1 nitrogen and oxygen atoms in total. The zero-order valence-corrected chi connectivity index (χ0v) is 16.8. The van der Waals surface area contributed by atoms with Gasteiger partial charge in [-0.2, -0.15) is 0 Å². The van der Waals surface area contributed by atoms with E-state index in [-0.39, 0.29) is 5.41 Å². The minimum Gasteiger partial charge on any atom is -0.496 e. The molecule has 0 amide bonds. The van der Waals surface area contributed by atoms with Crippen LogP contribution in [0.2, 0.25) is 0 Å². The van der Waals surface area contributed by atoms with Crippen molar-refractivity contribution < 1.29 is 4.74 Å². The SMILES string of the molecule is COc1cc2ccc3c(c2cc1S)-c1ccccc1C31CCCCCCC1. The second-order valence-electron chi connectivity index (χ2n) is 8.13. The maximum atomic E-state index is 5.51. The lowest BCUT2D eigenvalue weighted by Gasteiger charge is -2.34. The Balaban J connectivity index is 1.82. The lowest BCUT2D eigenvalue weighted by Crippen LogP contribution is -2.26. The van der Waals surface area contributed by atoms with Crippen molar-refractivity contribution in [2.45, 2.75) is 55.3 Å². The molecule has 0 aromatic heterocycles. The van der Waals surface area contributed by atoms with Gasteiger partial charge in [-0.05, 0) is 58.0 Å². The fourth-order valence-electron chi connectivity index (χ4n) is 5.50. The van der Waals surface area contributed by atoms with Crippen LogP contribution in [0.5, 0.6) is 5.75 Å². The molecule has 1 fully saturated rings. The van der Waals surface area contributed by atoms with Crippen molar-refractivity contribution in [3.8, 4) is 16.9 Å². The summed E-state index contributed by atoms with van der Waals surface area (Å²) >= 11 is 4.69. The maximum Gasteiger partial charge on any atom is 0.132 e. The quantitative estimate of drug-likeness (QED) is 0.445. The summed E-state index contributed by atoms with van der Waals surface area (Å²) in [6, 6.07) is 18.1. The molecule has 138 valence electrons. The van der Waals surface area contributed by atoms with Crippen molar-refractivity contribution in [3.63, 3.8) is 0 Å². The molecule has 0 aliphatic heterocycles. The second kappa shape index (κ2) is 6.60. The Labute approximate surface area is 167 Å². The predicted molar refractivity (Wildman–Crippen MR) is 116 cm³/mol. The molecule has 0 unspecified atom stereocenters. The predicted octanol–water partition coefficient (Wildman–Crippen LogP) is 7.15. The fourth-order valence-corrected chi connectivity index (χ4v) is 5.79. The molecule has 0 saturated heterocycles. The number of hydrogen-bond donors (Lipinski definition) is 1. The van der Waals surface area contributed by atoms with Crippen molar-refractivity contribution in [1.82, 2.24) is 0 Å². The number of fused-ring (bicyclic) bond motifs is 7. The largest absolute Gasteiger partial charge is 0.496 e. The molecule has 5 rings (SSSR count). The normalized spacial score (nSPS) is 18.0. The average molecular weight is 375 g/mol. The Morgan fingerprint density at radius 2 is 1.59 bits per heavy atom. The van der Waals surface area contributed by atoms with E-state index < -0.39 is 0 Å². The van der Waals surface area contributed by atoms with E-state index in [1.807, 2.05) is 0 Å². The highest BCUT2D eigenvalue weighted by molar-refractivity contribution is 7.80. The summed E-state index contributed by atoms with van der Waals surface area (Å²) in [5, 5.41) is 2.55. The van der Waals surface area contributed by atoms with Gasteiger partial charge in [0.1, 0.15) is 5.75 Å². The lowest BCUT2D eigenvalue weighted by molar-refractivity contribution is 0.373. The summed E-state index contributed by atoms with van der Waals surface area (Å²) in [7, 11) is 1.72. The standard InChI is InChI=1S/C25H26OS/c1-26-22-15-17-11-12-21-24(19(17)16-23(22)27)18-9-5-6-10-20(18)25(21)13-7-3-2-4-8-14-25/h5-6,9-12,15-16,27H,2-4,7-8,13-14H2,1H3. The van der Waals surface area contributed by atoms with Gasteiger partial charge in [-0.25, -0.2) is 0 Å². The number of thiol groups is 1. The van der Waals surface area contributed by atoms with Crippen molar-refractivity contribution >= 4 is 23.4 Å². The van der Waals surface area contributed by atoms with Gasteiger partial charge in [-0.3, -0.25) is 0 Å². The number of ether oxygens (including phenoxy) is 1. The van der Waals surface area contributed by atoms with Crippen LogP contribution in [0.1, 0.15) is 56.1 Å². The van der Waals surface area contributed by atoms with Crippen LogP contribution in [0.4, 0.5) is 0 Å². The minimum atomic E-state index is 0.192. The summed E-state index contributed by atoms with van der Waals surface area (Å²) in [4.78, 5) is 0.912. The minimum absolute atomic E-state index is 0.192. The van der Waals surface area contributed by atoms with Crippen LogP contribution < -0.4 is 4.74 Å². The van der Waals surface area contributed by atoms with Crippen LogP contribution in [0, 0.1) is 0 Å². The Morgan fingerprint density at radius 1 is 0.852 bits per heavy atom. The van der Waals surface area contributed by atoms with Crippen molar-refractivity contribution in [1.29, 1.82) is 0 Å². The molecule has 1 spiro atoms. The van der Waals surface area contributed by atoms with Crippen molar-refractivity contribution in [2.75, 3.05) is 7.11 Å². The number of rotatable bonds is 1. The molecule has 27 heavy (non-hydrogen) atoms. The molecule has 3 aromatic carbocycles. The number of methoxy groups -OCH3 is 1. The first-order valence-electron chi connectivity index (χ1n) is 10.2. The lowest BCUT2D eigenvalue weighted by atomic mass is 9.69. The van der Waals surface area contributed by atoms with E-state index in [4.69, 9.17) is 4.74 Å². The molecular weight excluding hydrogens is 348 g/mol. The Kier molecular flexibility index (Phi) is 4.20. The molecule has 1 saturated carbocycles. The molecule has 0 N–H and O–H groups in total. The molecule has 2 aliphatic carbocycles. The Hall–Kier alpha value is -1.93. The summed E-state index contributed by atoms with van der Waals surface area (Å²) in [6.45, 7) is 0. The Bertz CT molecular complexity index is 1010. The highest BCUT2D eigenvalue weighted by Crippen LogP contribution is 2.56. The molecular formula is C25H26OS. The fraction of sp³-hybridized carbons (Fsp3) is 0.360. The van der Waals surface area contributed by atoms with Crippen LogP contribution in [0.25, 0.3) is 21.9 Å². The first kappa shape index (κ1) is 17.2. The molecule has 2 aliphatic rings. The van der Waals surface area contributed by atoms with Crippen molar-refractivity contribution in [2.24, 2.45) is 0 Å². The molecule has 2 heteroatoms. The first-order chi connectivity index (χ1) is 13.2. The number of hydrogen-bond acceptors (Lipinski definition) is 2. The van der Waals surface area contributed by atoms with Gasteiger partial charge >= 0.3 is 0 Å². The monoisotopic (exact) mass is 374 g/mol. The topological polar surface area (TPSA) is 9.23 Å². The molecule has 0 radical (unpaired) electrons. The molecule has 0 heterocycles. The van der Waals surface area contributed by atoms with Gasteiger partial charge < -0.3 is 4.74 Å². The van der Waals surface area contributed by atoms with Gasteiger partial charge in [-0.1, -0.05) is 68.5 Å². The van der Waals surface area contributed by atoms with Crippen molar-refractivity contribution in [3.05, 3.63) is 59.7 Å². The molecule has 0 atom stereocenters. The molecule has 0 bridgehead atoms. The second-order valence-corrected chi connectivity index (χ2v) is 8.61. The van der Waals surface area contributed by atoms with E-state index in [2.05, 4.69) is 61.2 Å². The van der Waals surface area contributed by atoms with Crippen LogP contribution in [-0.2, 0) is 5.41 Å². The van der Waals surface area contributed by atoms with Gasteiger partial charge in [0, 0.05) is 10.3 Å². The van der Waals surface area contributed by atoms with Crippen LogP contribution in [0.15, 0.2) is 53.4 Å². The van der Waals surface area contributed by atoms with E-state index in [1.165, 1.54) is 72.4 Å². The summed E-state index contributed by atoms with van der Waals surface area (Å²) < 4.78 is 5.51. The van der Waals surface area contributed by atoms with E-state index in [1.54, 1.807) is 12.7 Å². The highest BCUT2D eigenvalue weighted by Gasteiger charge is 2.43. The third-order valence-corrected chi connectivity index (χ3v) is 7.10. The summed E-state index contributed by atoms with van der Waals surface area (Å²) in [5.41, 5.74) is 6.14. The highest BCUT2D eigenvalue weighted by atomic mass is 32.1. The van der Waals surface area contributed by atoms with Gasteiger partial charge in [0.2, 0.25) is 0 Å². The van der Waals surface area contributed by atoms with Gasteiger partial charge in [0.25, 0.3) is 0 Å². The van der Waals surface area contributed by atoms with Crippen LogP contribution in [-0.4, -0.2) is 7.11 Å². The summed E-state index contributed by atoms with van der Waals surface area (Å²) in [5.74, 6) is 0.845. The zero-order chi connectivity index (χ0) is 18.4. The Morgan fingerprint density at radius 3 is 2.37 bits per heavy atom. The third-order valence-electron chi connectivity index (χ3n) is 6.75. The molecule has 3 aromatic rings. The summed E-state index contributed by atoms with van der Waals surface area (Å²) in [6.07, 6.45) is 9.32. The van der Waals surface area contributed by atoms with E-state index >= 15 is 0 Å². The van der Waals surface area contributed by atoms with Crippen LogP contribution in [0.3, 0.4) is 0 Å². The smallest absolute Gasteiger partial charge is 0.132 e. The van der Waals surface area contributed by atoms with Gasteiger partial charge in [0.15, 0.2) is 0 Å². The van der Waals surface area contributed by atoms with Gasteiger partial charge in [0.05, 0.1) is 7.11 Å². The zero-order valence-electron chi connectivity index (χ0n) is 15.9. The van der Waals surface area contributed by atoms with E-state index in [9.17, 15) is 0 Å². The maximum absolute atomic E-state index is 5.51. The third kappa shape index (κ3) is 2.53. The van der Waals surface area contributed by atoms with Gasteiger partial charge in [-0.15, -0.1) is 12.6 Å². The first-order valence-corrected chi connectivity index (χ1v) is 10.6. The van der Waals surface area contributed by atoms with Crippen LogP contribution >= 0.6 is 12.6 Å².